The Hall–Kier alpha value is -1.82. The van der Waals surface area contributed by atoms with Crippen LogP contribution in [0, 0.1) is 17.6 Å². The number of benzene rings is 1. The van der Waals surface area contributed by atoms with Crippen molar-refractivity contribution in [2.45, 2.75) is 33.5 Å². The lowest BCUT2D eigenvalue weighted by Crippen LogP contribution is -2.19. The smallest absolute Gasteiger partial charge is 0.140 e. The van der Waals surface area contributed by atoms with Crippen LogP contribution in [-0.2, 0) is 19.6 Å². The molecule has 1 N–H and O–H groups in total. The molecule has 0 saturated heterocycles. The Bertz CT molecular complexity index is 566. The second-order valence-electron chi connectivity index (χ2n) is 5.09. The Kier molecular flexibility index (Phi) is 4.79. The van der Waals surface area contributed by atoms with E-state index in [-0.39, 0.29) is 6.54 Å². The number of nitrogens with zero attached hydrogens (tertiary/aromatic N) is 3. The van der Waals surface area contributed by atoms with Gasteiger partial charge >= 0.3 is 0 Å². The molecule has 0 aliphatic heterocycles. The number of halogens is 2. The maximum absolute atomic E-state index is 13.4. The highest BCUT2D eigenvalue weighted by molar-refractivity contribution is 5.18. The lowest BCUT2D eigenvalue weighted by molar-refractivity contribution is 0.456. The Morgan fingerprint density at radius 1 is 1.25 bits per heavy atom. The van der Waals surface area contributed by atoms with Crippen molar-refractivity contribution in [3.63, 3.8) is 0 Å². The van der Waals surface area contributed by atoms with Crippen LogP contribution in [0.25, 0.3) is 0 Å². The molecule has 108 valence electrons. The summed E-state index contributed by atoms with van der Waals surface area (Å²) in [5, 5.41) is 7.20. The van der Waals surface area contributed by atoms with E-state index in [0.29, 0.717) is 18.0 Å². The first kappa shape index (κ1) is 14.6. The first-order valence-electron chi connectivity index (χ1n) is 6.57. The zero-order valence-electron chi connectivity index (χ0n) is 11.6. The first-order valence-corrected chi connectivity index (χ1v) is 6.57. The molecule has 0 unspecified atom stereocenters. The van der Waals surface area contributed by atoms with Crippen LogP contribution >= 0.6 is 0 Å². The molecule has 2 aromatic rings. The second kappa shape index (κ2) is 6.56. The fraction of sp³-hybridized carbons (Fsp3) is 0.429. The van der Waals surface area contributed by atoms with Gasteiger partial charge in [-0.3, -0.25) is 0 Å². The summed E-state index contributed by atoms with van der Waals surface area (Å²) in [4.78, 5) is 4.16. The zero-order valence-corrected chi connectivity index (χ0v) is 11.6. The van der Waals surface area contributed by atoms with E-state index in [1.807, 2.05) is 4.68 Å². The second-order valence-corrected chi connectivity index (χ2v) is 5.09. The molecular weight excluding hydrogens is 262 g/mol. The molecule has 0 aliphatic rings. The molecular formula is C14H18F2N4. The molecule has 20 heavy (non-hydrogen) atoms. The Morgan fingerprint density at radius 2 is 2.05 bits per heavy atom. The van der Waals surface area contributed by atoms with Crippen molar-refractivity contribution >= 4 is 0 Å². The molecule has 1 aromatic heterocycles. The highest BCUT2D eigenvalue weighted by atomic mass is 19.1. The van der Waals surface area contributed by atoms with Gasteiger partial charge in [0.05, 0.1) is 6.54 Å². The monoisotopic (exact) mass is 280 g/mol. The van der Waals surface area contributed by atoms with Crippen LogP contribution in [0.2, 0.25) is 0 Å². The average Bonchev–Trinajstić information content (AvgIpc) is 2.80. The Balaban J connectivity index is 1.93. The topological polar surface area (TPSA) is 42.7 Å². The van der Waals surface area contributed by atoms with Gasteiger partial charge in [0, 0.05) is 18.7 Å². The van der Waals surface area contributed by atoms with E-state index in [1.165, 1.54) is 12.4 Å². The maximum atomic E-state index is 13.4. The third-order valence-electron chi connectivity index (χ3n) is 2.84. The fourth-order valence-electron chi connectivity index (χ4n) is 1.91. The molecule has 4 nitrogen and oxygen atoms in total. The molecule has 0 amide bonds. The van der Waals surface area contributed by atoms with Crippen molar-refractivity contribution in [1.29, 1.82) is 0 Å². The highest BCUT2D eigenvalue weighted by Gasteiger charge is 2.07. The Labute approximate surface area is 116 Å². The van der Waals surface area contributed by atoms with Crippen molar-refractivity contribution in [3.8, 4) is 0 Å². The third kappa shape index (κ3) is 3.84. The molecule has 0 fully saturated rings. The van der Waals surface area contributed by atoms with Gasteiger partial charge < -0.3 is 5.32 Å². The van der Waals surface area contributed by atoms with Crippen LogP contribution in [-0.4, -0.2) is 14.8 Å². The van der Waals surface area contributed by atoms with Crippen molar-refractivity contribution in [1.82, 2.24) is 20.1 Å². The average molecular weight is 280 g/mol. The van der Waals surface area contributed by atoms with Crippen LogP contribution in [0.5, 0.6) is 0 Å². The minimum absolute atomic E-state index is 0.248. The van der Waals surface area contributed by atoms with Gasteiger partial charge in [-0.25, -0.2) is 18.4 Å². The molecule has 0 saturated carbocycles. The summed E-state index contributed by atoms with van der Waals surface area (Å²) in [6, 6.07) is 3.44. The van der Waals surface area contributed by atoms with E-state index in [0.717, 1.165) is 24.5 Å². The van der Waals surface area contributed by atoms with Gasteiger partial charge in [-0.15, -0.1) is 0 Å². The van der Waals surface area contributed by atoms with E-state index in [2.05, 4.69) is 29.2 Å². The molecule has 0 atom stereocenters. The van der Waals surface area contributed by atoms with Crippen LogP contribution in [0.4, 0.5) is 8.78 Å². The molecule has 0 radical (unpaired) electrons. The zero-order chi connectivity index (χ0) is 14.5. The van der Waals surface area contributed by atoms with Gasteiger partial charge in [-0.05, 0) is 24.1 Å². The number of nitrogens with one attached hydrogen (secondary N) is 1. The maximum Gasteiger partial charge on any atom is 0.140 e. The summed E-state index contributed by atoms with van der Waals surface area (Å²) in [5.74, 6) is 0.403. The molecule has 0 aliphatic carbocycles. The first-order chi connectivity index (χ1) is 9.56. The summed E-state index contributed by atoms with van der Waals surface area (Å²) in [7, 11) is 0. The molecule has 6 heteroatoms. The van der Waals surface area contributed by atoms with Gasteiger partial charge in [0.25, 0.3) is 0 Å². The lowest BCUT2D eigenvalue weighted by Gasteiger charge is -2.09. The summed E-state index contributed by atoms with van der Waals surface area (Å²) in [5.41, 5.74) is 0.305. The molecule has 1 aromatic carbocycles. The molecule has 0 bridgehead atoms. The van der Waals surface area contributed by atoms with E-state index < -0.39 is 11.6 Å². The van der Waals surface area contributed by atoms with Crippen LogP contribution in [0.3, 0.4) is 0 Å². The quantitative estimate of drug-likeness (QED) is 0.884. The summed E-state index contributed by atoms with van der Waals surface area (Å²) in [6.45, 7) is 5.69. The number of hydrogen-bond donors (Lipinski definition) is 1. The Morgan fingerprint density at radius 3 is 2.80 bits per heavy atom. The minimum Gasteiger partial charge on any atom is -0.306 e. The van der Waals surface area contributed by atoms with Crippen LogP contribution in [0.15, 0.2) is 24.5 Å². The van der Waals surface area contributed by atoms with Crippen LogP contribution < -0.4 is 5.32 Å². The number of hydrogen-bond acceptors (Lipinski definition) is 3. The molecule has 0 spiro atoms. The number of aromatic nitrogens is 3. The summed E-state index contributed by atoms with van der Waals surface area (Å²) >= 11 is 0. The highest BCUT2D eigenvalue weighted by Crippen LogP contribution is 2.09. The normalized spacial score (nSPS) is 11.2. The van der Waals surface area contributed by atoms with Crippen molar-refractivity contribution < 1.29 is 8.78 Å². The third-order valence-corrected chi connectivity index (χ3v) is 2.84. The van der Waals surface area contributed by atoms with Crippen molar-refractivity contribution in [3.05, 3.63) is 47.5 Å². The predicted molar refractivity (Wildman–Crippen MR) is 71.8 cm³/mol. The summed E-state index contributed by atoms with van der Waals surface area (Å²) < 4.78 is 28.3. The van der Waals surface area contributed by atoms with Crippen molar-refractivity contribution in [2.75, 3.05) is 0 Å². The summed E-state index contributed by atoms with van der Waals surface area (Å²) in [6.07, 6.45) is 1.50. The fourth-order valence-corrected chi connectivity index (χ4v) is 1.91. The van der Waals surface area contributed by atoms with Crippen LogP contribution in [0.1, 0.15) is 25.2 Å². The van der Waals surface area contributed by atoms with Gasteiger partial charge in [-0.2, -0.15) is 5.10 Å². The van der Waals surface area contributed by atoms with E-state index >= 15 is 0 Å². The van der Waals surface area contributed by atoms with E-state index in [9.17, 15) is 8.78 Å². The van der Waals surface area contributed by atoms with Gasteiger partial charge in [-0.1, -0.05) is 13.8 Å². The largest absolute Gasteiger partial charge is 0.306 e. The SMILES string of the molecule is CC(C)Cn1ncnc1CNCc1cc(F)ccc1F. The van der Waals surface area contributed by atoms with Crippen molar-refractivity contribution in [2.24, 2.45) is 5.92 Å². The standard InChI is InChI=1S/C14H18F2N4/c1-10(2)8-20-14(18-9-19-20)7-17-6-11-5-12(15)3-4-13(11)16/h3-5,9-10,17H,6-8H2,1-2H3. The molecule has 2 rings (SSSR count). The van der Waals surface area contributed by atoms with E-state index in [1.54, 1.807) is 0 Å². The van der Waals surface area contributed by atoms with Gasteiger partial charge in [0.2, 0.25) is 0 Å². The van der Waals surface area contributed by atoms with Gasteiger partial charge in [0.15, 0.2) is 0 Å². The van der Waals surface area contributed by atoms with E-state index in [4.69, 9.17) is 0 Å². The predicted octanol–water partition coefficient (Wildman–Crippen LogP) is 2.50. The lowest BCUT2D eigenvalue weighted by atomic mass is 10.2. The number of rotatable bonds is 6. The molecule has 1 heterocycles. The van der Waals surface area contributed by atoms with Gasteiger partial charge in [0.1, 0.15) is 23.8 Å². The minimum atomic E-state index is -0.439.